The number of likely N-dealkylation sites (tertiary alicyclic amines) is 1. The van der Waals surface area contributed by atoms with Gasteiger partial charge in [-0.2, -0.15) is 0 Å². The second-order valence-electron chi connectivity index (χ2n) is 6.37. The lowest BCUT2D eigenvalue weighted by atomic mass is 10.1. The normalized spacial score (nSPS) is 19.4. The van der Waals surface area contributed by atoms with Crippen LogP contribution in [0.4, 0.5) is 11.6 Å². The Morgan fingerprint density at radius 1 is 1.38 bits per heavy atom. The van der Waals surface area contributed by atoms with Crippen molar-refractivity contribution in [2.75, 3.05) is 30.7 Å². The van der Waals surface area contributed by atoms with Crippen molar-refractivity contribution >= 4 is 11.6 Å². The molecule has 1 aromatic heterocycles. The van der Waals surface area contributed by atoms with Gasteiger partial charge in [0.1, 0.15) is 17.5 Å². The van der Waals surface area contributed by atoms with E-state index < -0.39 is 0 Å². The number of aromatic nitrogens is 2. The molecule has 2 rings (SSSR count). The minimum Gasteiger partial charge on any atom is -0.383 e. The molecule has 1 atom stereocenters. The molecule has 1 aliphatic rings. The van der Waals surface area contributed by atoms with Crippen LogP contribution in [0.3, 0.4) is 0 Å². The van der Waals surface area contributed by atoms with Crippen LogP contribution in [0.25, 0.3) is 0 Å². The van der Waals surface area contributed by atoms with Crippen molar-refractivity contribution in [3.63, 3.8) is 0 Å². The van der Waals surface area contributed by atoms with Gasteiger partial charge in [-0.15, -0.1) is 0 Å². The van der Waals surface area contributed by atoms with E-state index in [1.165, 1.54) is 19.5 Å². The highest BCUT2D eigenvalue weighted by Crippen LogP contribution is 2.21. The molecular weight excluding hydrogens is 262 g/mol. The molecule has 0 amide bonds. The van der Waals surface area contributed by atoms with Crippen LogP contribution >= 0.6 is 0 Å². The topological polar surface area (TPSA) is 67.1 Å². The molecule has 118 valence electrons. The Bertz CT molecular complexity index is 472. The van der Waals surface area contributed by atoms with Crippen molar-refractivity contribution in [2.45, 2.75) is 53.0 Å². The number of anilines is 2. The fraction of sp³-hybridized carbons (Fsp3) is 0.750. The number of nitrogen functional groups attached to an aromatic ring is 1. The molecule has 0 aliphatic carbocycles. The summed E-state index contributed by atoms with van der Waals surface area (Å²) < 4.78 is 0. The fourth-order valence-electron chi connectivity index (χ4n) is 2.83. The van der Waals surface area contributed by atoms with Crippen LogP contribution in [-0.4, -0.2) is 40.5 Å². The van der Waals surface area contributed by atoms with Gasteiger partial charge in [0.25, 0.3) is 0 Å². The molecule has 1 saturated heterocycles. The zero-order valence-corrected chi connectivity index (χ0v) is 13.8. The first kappa shape index (κ1) is 16.0. The van der Waals surface area contributed by atoms with Crippen LogP contribution in [-0.2, 0) is 6.42 Å². The predicted molar refractivity (Wildman–Crippen MR) is 88.5 cm³/mol. The molecule has 0 radical (unpaired) electrons. The van der Waals surface area contributed by atoms with Gasteiger partial charge in [-0.05, 0) is 46.1 Å². The van der Waals surface area contributed by atoms with E-state index >= 15 is 0 Å². The molecule has 0 aromatic carbocycles. The van der Waals surface area contributed by atoms with E-state index in [2.05, 4.69) is 41.0 Å². The Hall–Kier alpha value is -1.36. The lowest BCUT2D eigenvalue weighted by molar-refractivity contribution is 0.266. The lowest BCUT2D eigenvalue weighted by Gasteiger charge is -2.20. The van der Waals surface area contributed by atoms with Crippen molar-refractivity contribution in [1.82, 2.24) is 14.9 Å². The molecule has 1 unspecified atom stereocenters. The van der Waals surface area contributed by atoms with Gasteiger partial charge in [0.15, 0.2) is 0 Å². The zero-order chi connectivity index (χ0) is 15.4. The molecule has 1 aromatic rings. The van der Waals surface area contributed by atoms with Gasteiger partial charge in [0, 0.05) is 31.1 Å². The van der Waals surface area contributed by atoms with E-state index in [1.807, 2.05) is 6.92 Å². The molecular formula is C16H29N5. The highest BCUT2D eigenvalue weighted by molar-refractivity contribution is 5.54. The molecule has 3 N–H and O–H groups in total. The van der Waals surface area contributed by atoms with Crippen molar-refractivity contribution in [2.24, 2.45) is 5.92 Å². The van der Waals surface area contributed by atoms with Gasteiger partial charge < -0.3 is 16.0 Å². The Balaban J connectivity index is 1.97. The largest absolute Gasteiger partial charge is 0.383 e. The van der Waals surface area contributed by atoms with Crippen LogP contribution in [0.1, 0.15) is 45.0 Å². The molecule has 2 heterocycles. The standard InChI is InChI=1S/C16H29N5/c1-5-6-14-19-15(17)12(4)16(20-14)18-9-13-7-8-21(10-13)11(2)3/h11,13H,5-10H2,1-4H3,(H3,17,18,19,20). The third kappa shape index (κ3) is 4.06. The molecule has 0 saturated carbocycles. The molecule has 5 nitrogen and oxygen atoms in total. The van der Waals surface area contributed by atoms with Crippen molar-refractivity contribution in [3.8, 4) is 0 Å². The Morgan fingerprint density at radius 3 is 2.76 bits per heavy atom. The lowest BCUT2D eigenvalue weighted by Crippen LogP contribution is -2.29. The third-order valence-electron chi connectivity index (χ3n) is 4.31. The summed E-state index contributed by atoms with van der Waals surface area (Å²) >= 11 is 0. The minimum atomic E-state index is 0.603. The smallest absolute Gasteiger partial charge is 0.134 e. The van der Waals surface area contributed by atoms with Crippen molar-refractivity contribution in [1.29, 1.82) is 0 Å². The van der Waals surface area contributed by atoms with Gasteiger partial charge in [0.05, 0.1) is 0 Å². The summed E-state index contributed by atoms with van der Waals surface area (Å²) in [6.07, 6.45) is 3.17. The minimum absolute atomic E-state index is 0.603. The van der Waals surface area contributed by atoms with E-state index in [1.54, 1.807) is 0 Å². The number of nitrogens with one attached hydrogen (secondary N) is 1. The number of nitrogens with two attached hydrogens (primary N) is 1. The highest BCUT2D eigenvalue weighted by atomic mass is 15.2. The summed E-state index contributed by atoms with van der Waals surface area (Å²) in [6, 6.07) is 0.641. The van der Waals surface area contributed by atoms with Gasteiger partial charge in [-0.1, -0.05) is 6.92 Å². The zero-order valence-electron chi connectivity index (χ0n) is 13.8. The maximum atomic E-state index is 6.00. The van der Waals surface area contributed by atoms with E-state index in [0.29, 0.717) is 17.8 Å². The van der Waals surface area contributed by atoms with E-state index in [4.69, 9.17) is 5.73 Å². The van der Waals surface area contributed by atoms with Crippen LogP contribution in [0.2, 0.25) is 0 Å². The fourth-order valence-corrected chi connectivity index (χ4v) is 2.83. The highest BCUT2D eigenvalue weighted by Gasteiger charge is 2.24. The molecule has 21 heavy (non-hydrogen) atoms. The summed E-state index contributed by atoms with van der Waals surface area (Å²) in [5.74, 6) is 3.05. The van der Waals surface area contributed by atoms with Crippen LogP contribution in [0, 0.1) is 12.8 Å². The second kappa shape index (κ2) is 7.07. The Labute approximate surface area is 128 Å². The summed E-state index contributed by atoms with van der Waals surface area (Å²) in [5.41, 5.74) is 6.96. The first-order chi connectivity index (χ1) is 10.0. The van der Waals surface area contributed by atoms with E-state index in [9.17, 15) is 0 Å². The number of aryl methyl sites for hydroxylation is 1. The average molecular weight is 291 g/mol. The van der Waals surface area contributed by atoms with Crippen molar-refractivity contribution < 1.29 is 0 Å². The maximum absolute atomic E-state index is 6.00. The van der Waals surface area contributed by atoms with E-state index in [-0.39, 0.29) is 0 Å². The van der Waals surface area contributed by atoms with Crippen molar-refractivity contribution in [3.05, 3.63) is 11.4 Å². The summed E-state index contributed by atoms with van der Waals surface area (Å²) in [7, 11) is 0. The van der Waals surface area contributed by atoms with Crippen LogP contribution in [0.5, 0.6) is 0 Å². The van der Waals surface area contributed by atoms with Gasteiger partial charge >= 0.3 is 0 Å². The van der Waals surface area contributed by atoms with Crippen LogP contribution in [0.15, 0.2) is 0 Å². The van der Waals surface area contributed by atoms with Crippen LogP contribution < -0.4 is 11.1 Å². The summed E-state index contributed by atoms with van der Waals surface area (Å²) in [5, 5.41) is 3.50. The first-order valence-electron chi connectivity index (χ1n) is 8.12. The third-order valence-corrected chi connectivity index (χ3v) is 4.31. The molecule has 0 spiro atoms. The second-order valence-corrected chi connectivity index (χ2v) is 6.37. The monoisotopic (exact) mass is 291 g/mol. The molecule has 0 bridgehead atoms. The summed E-state index contributed by atoms with van der Waals surface area (Å²) in [4.78, 5) is 11.5. The average Bonchev–Trinajstić information content (AvgIpc) is 2.90. The van der Waals surface area contributed by atoms with Gasteiger partial charge in [-0.25, -0.2) is 9.97 Å². The maximum Gasteiger partial charge on any atom is 0.134 e. The van der Waals surface area contributed by atoms with E-state index in [0.717, 1.165) is 36.6 Å². The quantitative estimate of drug-likeness (QED) is 0.843. The number of nitrogens with zero attached hydrogens (tertiary/aromatic N) is 3. The predicted octanol–water partition coefficient (Wildman–Crippen LogP) is 2.46. The molecule has 5 heteroatoms. The van der Waals surface area contributed by atoms with Gasteiger partial charge in [0.2, 0.25) is 0 Å². The SMILES string of the molecule is CCCc1nc(N)c(C)c(NCC2CCN(C(C)C)C2)n1. The number of hydrogen-bond acceptors (Lipinski definition) is 5. The first-order valence-corrected chi connectivity index (χ1v) is 8.12. The molecule has 1 aliphatic heterocycles. The Morgan fingerprint density at radius 2 is 2.14 bits per heavy atom. The Kier molecular flexibility index (Phi) is 5.39. The molecule has 1 fully saturated rings. The number of rotatable bonds is 6. The van der Waals surface area contributed by atoms with Gasteiger partial charge in [-0.3, -0.25) is 0 Å². The number of hydrogen-bond donors (Lipinski definition) is 2. The summed E-state index contributed by atoms with van der Waals surface area (Å²) in [6.45, 7) is 12.0.